The van der Waals surface area contributed by atoms with Crippen LogP contribution in [0.2, 0.25) is 0 Å². The molecule has 0 saturated carbocycles. The van der Waals surface area contributed by atoms with E-state index < -0.39 is 10.0 Å². The van der Waals surface area contributed by atoms with Gasteiger partial charge in [-0.2, -0.15) is 0 Å². The number of sulfonamides is 1. The fourth-order valence-electron chi connectivity index (χ4n) is 2.15. The zero-order valence-electron chi connectivity index (χ0n) is 14.6. The molecule has 2 N–H and O–H groups in total. The lowest BCUT2D eigenvalue weighted by Gasteiger charge is -2.12. The highest BCUT2D eigenvalue weighted by molar-refractivity contribution is 7.92. The molecule has 0 unspecified atom stereocenters. The van der Waals surface area contributed by atoms with Crippen molar-refractivity contribution in [3.8, 4) is 0 Å². The number of nitrogens with one attached hydrogen (secondary N) is 2. The van der Waals surface area contributed by atoms with E-state index in [0.717, 1.165) is 12.1 Å². The number of carbonyl (C=O) groups excluding carboxylic acids is 1. The Balaban J connectivity index is 2.10. The molecular weight excluding hydrogens is 338 g/mol. The third-order valence-electron chi connectivity index (χ3n) is 3.55. The largest absolute Gasteiger partial charge is 0.351 e. The number of carbonyl (C=O) groups is 1. The predicted octanol–water partition coefficient (Wildman–Crippen LogP) is 2.09. The Labute approximate surface area is 148 Å². The zero-order chi connectivity index (χ0) is 18.4. The van der Waals surface area contributed by atoms with Gasteiger partial charge >= 0.3 is 0 Å². The van der Waals surface area contributed by atoms with Crippen molar-refractivity contribution in [3.05, 3.63) is 59.7 Å². The van der Waals surface area contributed by atoms with Gasteiger partial charge in [-0.05, 0) is 51.4 Å². The molecule has 6 nitrogen and oxygen atoms in total. The maximum absolute atomic E-state index is 12.4. The lowest BCUT2D eigenvalue weighted by molar-refractivity contribution is 0.0951. The first-order chi connectivity index (χ1) is 11.8. The van der Waals surface area contributed by atoms with E-state index in [9.17, 15) is 13.2 Å². The molecule has 0 aliphatic heterocycles. The molecular formula is C18H23N3O3S. The molecule has 7 heteroatoms. The molecule has 2 rings (SSSR count). The van der Waals surface area contributed by atoms with Crippen LogP contribution in [0, 0.1) is 6.92 Å². The number of benzene rings is 2. The van der Waals surface area contributed by atoms with Gasteiger partial charge in [0, 0.05) is 24.3 Å². The number of rotatable bonds is 7. The molecule has 134 valence electrons. The summed E-state index contributed by atoms with van der Waals surface area (Å²) >= 11 is 0. The summed E-state index contributed by atoms with van der Waals surface area (Å²) in [4.78, 5) is 14.3. The number of aryl methyl sites for hydroxylation is 1. The molecule has 25 heavy (non-hydrogen) atoms. The van der Waals surface area contributed by atoms with Gasteiger partial charge in [0.05, 0.1) is 4.90 Å². The van der Waals surface area contributed by atoms with E-state index >= 15 is 0 Å². The van der Waals surface area contributed by atoms with Crippen molar-refractivity contribution in [1.82, 2.24) is 10.2 Å². The van der Waals surface area contributed by atoms with Gasteiger partial charge in [-0.25, -0.2) is 8.42 Å². The maximum atomic E-state index is 12.4. The van der Waals surface area contributed by atoms with Gasteiger partial charge < -0.3 is 10.2 Å². The third-order valence-corrected chi connectivity index (χ3v) is 4.95. The Morgan fingerprint density at radius 3 is 2.40 bits per heavy atom. The second-order valence-electron chi connectivity index (χ2n) is 6.06. The fourth-order valence-corrected chi connectivity index (χ4v) is 3.20. The second kappa shape index (κ2) is 8.13. The standard InChI is InChI=1S/C18H23N3O3S/c1-14-7-9-17(10-8-14)25(23,24)20-16-6-4-5-15(13-16)18(22)19-11-12-21(2)3/h4-10,13,20H,11-12H2,1-3H3,(H,19,22). The number of hydrogen-bond donors (Lipinski definition) is 2. The van der Waals surface area contributed by atoms with Crippen LogP contribution in [-0.4, -0.2) is 46.4 Å². The van der Waals surface area contributed by atoms with Crippen LogP contribution >= 0.6 is 0 Å². The molecule has 0 radical (unpaired) electrons. The molecule has 0 fully saturated rings. The minimum Gasteiger partial charge on any atom is -0.351 e. The number of hydrogen-bond acceptors (Lipinski definition) is 4. The highest BCUT2D eigenvalue weighted by Crippen LogP contribution is 2.17. The fraction of sp³-hybridized carbons (Fsp3) is 0.278. The molecule has 0 atom stereocenters. The third kappa shape index (κ3) is 5.58. The van der Waals surface area contributed by atoms with Crippen LogP contribution in [0.4, 0.5) is 5.69 Å². The minimum absolute atomic E-state index is 0.180. The molecule has 0 heterocycles. The van der Waals surface area contributed by atoms with E-state index in [1.807, 2.05) is 25.9 Å². The quantitative estimate of drug-likeness (QED) is 0.791. The van der Waals surface area contributed by atoms with Gasteiger partial charge in [-0.15, -0.1) is 0 Å². The van der Waals surface area contributed by atoms with Crippen molar-refractivity contribution in [2.24, 2.45) is 0 Å². The summed E-state index contributed by atoms with van der Waals surface area (Å²) in [5.41, 5.74) is 1.74. The molecule has 2 aromatic carbocycles. The van der Waals surface area contributed by atoms with Crippen molar-refractivity contribution in [1.29, 1.82) is 0 Å². The Bertz CT molecular complexity index is 831. The van der Waals surface area contributed by atoms with Crippen molar-refractivity contribution < 1.29 is 13.2 Å². The summed E-state index contributed by atoms with van der Waals surface area (Å²) in [7, 11) is 0.157. The van der Waals surface area contributed by atoms with Crippen LogP contribution in [0.15, 0.2) is 53.4 Å². The van der Waals surface area contributed by atoms with Crippen LogP contribution in [0.5, 0.6) is 0 Å². The first kappa shape index (κ1) is 19.0. The van der Waals surface area contributed by atoms with Gasteiger partial charge in [0.15, 0.2) is 0 Å². The second-order valence-corrected chi connectivity index (χ2v) is 7.74. The van der Waals surface area contributed by atoms with E-state index in [-0.39, 0.29) is 10.8 Å². The van der Waals surface area contributed by atoms with Crippen LogP contribution in [-0.2, 0) is 10.0 Å². The highest BCUT2D eigenvalue weighted by Gasteiger charge is 2.15. The number of anilines is 1. The summed E-state index contributed by atoms with van der Waals surface area (Å²) in [5, 5.41) is 2.80. The van der Waals surface area contributed by atoms with Gasteiger partial charge in [-0.3, -0.25) is 9.52 Å². The van der Waals surface area contributed by atoms with Crippen molar-refractivity contribution in [2.75, 3.05) is 31.9 Å². The summed E-state index contributed by atoms with van der Waals surface area (Å²) < 4.78 is 27.4. The highest BCUT2D eigenvalue weighted by atomic mass is 32.2. The lowest BCUT2D eigenvalue weighted by atomic mass is 10.2. The Hall–Kier alpha value is -2.38. The molecule has 1 amide bonds. The summed E-state index contributed by atoms with van der Waals surface area (Å²) in [6.07, 6.45) is 0. The minimum atomic E-state index is -3.69. The van der Waals surface area contributed by atoms with Crippen molar-refractivity contribution >= 4 is 21.6 Å². The summed E-state index contributed by atoms with van der Waals surface area (Å²) in [6, 6.07) is 13.0. The maximum Gasteiger partial charge on any atom is 0.261 e. The van der Waals surface area contributed by atoms with Crippen molar-refractivity contribution in [3.63, 3.8) is 0 Å². The zero-order valence-corrected chi connectivity index (χ0v) is 15.4. The average Bonchev–Trinajstić information content (AvgIpc) is 2.54. The SMILES string of the molecule is Cc1ccc(S(=O)(=O)Nc2cccc(C(=O)NCCN(C)C)c2)cc1. The van der Waals surface area contributed by atoms with E-state index in [4.69, 9.17) is 0 Å². The smallest absolute Gasteiger partial charge is 0.261 e. The topological polar surface area (TPSA) is 78.5 Å². The first-order valence-corrected chi connectivity index (χ1v) is 9.39. The van der Waals surface area contributed by atoms with Crippen LogP contribution in [0.1, 0.15) is 15.9 Å². The summed E-state index contributed by atoms with van der Waals surface area (Å²) in [6.45, 7) is 3.14. The molecule has 2 aromatic rings. The van der Waals surface area contributed by atoms with Gasteiger partial charge in [0.2, 0.25) is 0 Å². The van der Waals surface area contributed by atoms with Gasteiger partial charge in [0.25, 0.3) is 15.9 Å². The monoisotopic (exact) mass is 361 g/mol. The predicted molar refractivity (Wildman–Crippen MR) is 99.3 cm³/mol. The number of amides is 1. The van der Waals surface area contributed by atoms with E-state index in [2.05, 4.69) is 10.0 Å². The van der Waals surface area contributed by atoms with Crippen LogP contribution < -0.4 is 10.0 Å². The molecule has 0 bridgehead atoms. The van der Waals surface area contributed by atoms with E-state index in [1.54, 1.807) is 42.5 Å². The summed E-state index contributed by atoms with van der Waals surface area (Å²) in [5.74, 6) is -0.238. The number of nitrogens with zero attached hydrogens (tertiary/aromatic N) is 1. The molecule has 0 saturated heterocycles. The van der Waals surface area contributed by atoms with E-state index in [0.29, 0.717) is 17.8 Å². The Kier molecular flexibility index (Phi) is 6.17. The molecule has 0 aliphatic carbocycles. The average molecular weight is 361 g/mol. The normalized spacial score (nSPS) is 11.4. The van der Waals surface area contributed by atoms with Crippen LogP contribution in [0.25, 0.3) is 0 Å². The lowest BCUT2D eigenvalue weighted by Crippen LogP contribution is -2.31. The Morgan fingerprint density at radius 2 is 1.76 bits per heavy atom. The van der Waals surface area contributed by atoms with Gasteiger partial charge in [-0.1, -0.05) is 23.8 Å². The van der Waals surface area contributed by atoms with E-state index in [1.165, 1.54) is 6.07 Å². The molecule has 0 aliphatic rings. The first-order valence-electron chi connectivity index (χ1n) is 7.90. The van der Waals surface area contributed by atoms with Crippen molar-refractivity contribution in [2.45, 2.75) is 11.8 Å². The Morgan fingerprint density at radius 1 is 1.08 bits per heavy atom. The number of likely N-dealkylation sites (N-methyl/N-ethyl adjacent to an activating group) is 1. The molecule has 0 spiro atoms. The van der Waals surface area contributed by atoms with Crippen LogP contribution in [0.3, 0.4) is 0 Å². The van der Waals surface area contributed by atoms with Gasteiger partial charge in [0.1, 0.15) is 0 Å². The molecule has 0 aromatic heterocycles.